The van der Waals surface area contributed by atoms with Crippen LogP contribution in [0.15, 0.2) is 40.7 Å². The molecule has 0 fully saturated rings. The van der Waals surface area contributed by atoms with Gasteiger partial charge in [-0.3, -0.25) is 0 Å². The number of nitrogen functional groups attached to an aromatic ring is 1. The molecule has 0 saturated carbocycles. The number of nitrogens with one attached hydrogen (secondary N) is 2. The average molecular weight is 312 g/mol. The fourth-order valence-corrected chi connectivity index (χ4v) is 3.75. The molecule has 0 aliphatic heterocycles. The Morgan fingerprint density at radius 3 is 2.75 bits per heavy atom. The van der Waals surface area contributed by atoms with E-state index in [1.165, 1.54) is 18.3 Å². The van der Waals surface area contributed by atoms with Crippen molar-refractivity contribution in [3.05, 3.63) is 40.7 Å². The highest BCUT2D eigenvalue weighted by Crippen LogP contribution is 2.14. The molecule has 0 aromatic carbocycles. The second kappa shape index (κ2) is 6.31. The number of pyridine rings is 1. The summed E-state index contributed by atoms with van der Waals surface area (Å²) in [5, 5.41) is 1.97. The van der Waals surface area contributed by atoms with Crippen molar-refractivity contribution in [2.75, 3.05) is 5.43 Å². The minimum Gasteiger partial charge on any atom is -0.308 e. The minimum absolute atomic E-state index is 0.120. The number of sulfonamides is 1. The number of aromatic nitrogens is 1. The molecule has 0 bridgehead atoms. The number of hydrazine groups is 1. The third-order valence-corrected chi connectivity index (χ3v) is 5.11. The molecule has 0 saturated heterocycles. The van der Waals surface area contributed by atoms with Crippen molar-refractivity contribution in [3.63, 3.8) is 0 Å². The zero-order valence-electron chi connectivity index (χ0n) is 10.9. The van der Waals surface area contributed by atoms with Crippen LogP contribution in [-0.2, 0) is 16.4 Å². The van der Waals surface area contributed by atoms with Crippen molar-refractivity contribution in [2.24, 2.45) is 5.84 Å². The molecule has 8 heteroatoms. The molecule has 0 spiro atoms. The first kappa shape index (κ1) is 14.9. The van der Waals surface area contributed by atoms with Gasteiger partial charge in [-0.25, -0.2) is 24.0 Å². The van der Waals surface area contributed by atoms with E-state index in [0.29, 0.717) is 12.2 Å². The van der Waals surface area contributed by atoms with Crippen LogP contribution in [0.25, 0.3) is 0 Å². The van der Waals surface area contributed by atoms with Crippen molar-refractivity contribution in [1.82, 2.24) is 9.71 Å². The maximum absolute atomic E-state index is 12.2. The average Bonchev–Trinajstić information content (AvgIpc) is 2.91. The van der Waals surface area contributed by atoms with Gasteiger partial charge in [0.15, 0.2) is 0 Å². The maximum atomic E-state index is 12.2. The fraction of sp³-hybridized carbons (Fsp3) is 0.250. The summed E-state index contributed by atoms with van der Waals surface area (Å²) in [6.45, 7) is 1.83. The topological polar surface area (TPSA) is 97.1 Å². The van der Waals surface area contributed by atoms with Crippen LogP contribution in [0.5, 0.6) is 0 Å². The number of nitrogens with zero attached hydrogens (tertiary/aromatic N) is 1. The van der Waals surface area contributed by atoms with Crippen LogP contribution in [0.2, 0.25) is 0 Å². The SMILES string of the molecule is CC(Cc1cccs1)NS(=O)(=O)c1ccc(NN)nc1. The smallest absolute Gasteiger partial charge is 0.242 e. The van der Waals surface area contributed by atoms with Gasteiger partial charge in [0.25, 0.3) is 0 Å². The van der Waals surface area contributed by atoms with Gasteiger partial charge >= 0.3 is 0 Å². The van der Waals surface area contributed by atoms with Crippen molar-refractivity contribution in [2.45, 2.75) is 24.3 Å². The van der Waals surface area contributed by atoms with Crippen molar-refractivity contribution in [3.8, 4) is 0 Å². The summed E-state index contributed by atoms with van der Waals surface area (Å²) >= 11 is 1.61. The van der Waals surface area contributed by atoms with Gasteiger partial charge in [0.1, 0.15) is 10.7 Å². The highest BCUT2D eigenvalue weighted by molar-refractivity contribution is 7.89. The third-order valence-electron chi connectivity index (χ3n) is 2.64. The van der Waals surface area contributed by atoms with Crippen LogP contribution in [0, 0.1) is 0 Å². The number of hydrogen-bond donors (Lipinski definition) is 3. The first-order chi connectivity index (χ1) is 9.51. The van der Waals surface area contributed by atoms with Crippen LogP contribution in [-0.4, -0.2) is 19.4 Å². The lowest BCUT2D eigenvalue weighted by atomic mass is 10.2. The van der Waals surface area contributed by atoms with E-state index in [1.807, 2.05) is 24.4 Å². The number of thiophene rings is 1. The second-order valence-electron chi connectivity index (χ2n) is 4.33. The molecule has 2 aromatic heterocycles. The predicted octanol–water partition coefficient (Wildman–Crippen LogP) is 1.34. The Hall–Kier alpha value is -1.48. The Kier molecular flexibility index (Phi) is 4.71. The summed E-state index contributed by atoms with van der Waals surface area (Å²) < 4.78 is 27.0. The van der Waals surface area contributed by atoms with E-state index in [9.17, 15) is 8.42 Å². The molecule has 0 radical (unpaired) electrons. The first-order valence-corrected chi connectivity index (χ1v) is 8.35. The summed E-state index contributed by atoms with van der Waals surface area (Å²) in [6.07, 6.45) is 1.93. The number of hydrogen-bond acceptors (Lipinski definition) is 6. The molecule has 0 aliphatic rings. The lowest BCUT2D eigenvalue weighted by molar-refractivity contribution is 0.560. The molecule has 2 rings (SSSR count). The zero-order valence-corrected chi connectivity index (χ0v) is 12.5. The Labute approximate surface area is 122 Å². The molecule has 6 nitrogen and oxygen atoms in total. The summed E-state index contributed by atoms with van der Waals surface area (Å²) in [4.78, 5) is 5.15. The van der Waals surface area contributed by atoms with Crippen molar-refractivity contribution < 1.29 is 8.42 Å². The van der Waals surface area contributed by atoms with Gasteiger partial charge in [0.2, 0.25) is 10.0 Å². The van der Waals surface area contributed by atoms with E-state index < -0.39 is 10.0 Å². The third kappa shape index (κ3) is 3.76. The Bertz CT molecular complexity index is 639. The van der Waals surface area contributed by atoms with Crippen LogP contribution >= 0.6 is 11.3 Å². The molecular formula is C12H16N4O2S2. The minimum atomic E-state index is -3.56. The van der Waals surface area contributed by atoms with E-state index in [4.69, 9.17) is 5.84 Å². The largest absolute Gasteiger partial charge is 0.308 e. The van der Waals surface area contributed by atoms with Crippen LogP contribution in [0.1, 0.15) is 11.8 Å². The summed E-state index contributed by atoms with van der Waals surface area (Å²) in [5.74, 6) is 5.60. The number of nitrogens with two attached hydrogens (primary N) is 1. The van der Waals surface area contributed by atoms with E-state index in [0.717, 1.165) is 4.88 Å². The van der Waals surface area contributed by atoms with Gasteiger partial charge < -0.3 is 5.43 Å². The van der Waals surface area contributed by atoms with Gasteiger partial charge in [-0.2, -0.15) is 0 Å². The van der Waals surface area contributed by atoms with E-state index in [2.05, 4.69) is 15.1 Å². The normalized spacial score (nSPS) is 13.1. The maximum Gasteiger partial charge on any atom is 0.242 e. The van der Waals surface area contributed by atoms with Crippen LogP contribution < -0.4 is 16.0 Å². The van der Waals surface area contributed by atoms with Gasteiger partial charge in [-0.15, -0.1) is 11.3 Å². The molecule has 0 amide bonds. The lowest BCUT2D eigenvalue weighted by Crippen LogP contribution is -2.34. The Morgan fingerprint density at radius 1 is 1.40 bits per heavy atom. The van der Waals surface area contributed by atoms with E-state index in [-0.39, 0.29) is 10.9 Å². The summed E-state index contributed by atoms with van der Waals surface area (Å²) in [7, 11) is -3.56. The molecule has 1 atom stereocenters. The molecule has 4 N–H and O–H groups in total. The monoisotopic (exact) mass is 312 g/mol. The van der Waals surface area contributed by atoms with E-state index >= 15 is 0 Å². The molecule has 1 unspecified atom stereocenters. The van der Waals surface area contributed by atoms with Gasteiger partial charge in [0.05, 0.1) is 0 Å². The summed E-state index contributed by atoms with van der Waals surface area (Å²) in [5.41, 5.74) is 2.35. The Balaban J connectivity index is 2.05. The summed E-state index contributed by atoms with van der Waals surface area (Å²) in [6, 6.07) is 6.72. The van der Waals surface area contributed by atoms with Crippen LogP contribution in [0.4, 0.5) is 5.82 Å². The standard InChI is InChI=1S/C12H16N4O2S2/c1-9(7-10-3-2-6-19-10)16-20(17,18)11-4-5-12(15-13)14-8-11/h2-6,8-9,16H,7,13H2,1H3,(H,14,15). The lowest BCUT2D eigenvalue weighted by Gasteiger charge is -2.13. The molecule has 108 valence electrons. The van der Waals surface area contributed by atoms with Gasteiger partial charge in [-0.1, -0.05) is 6.07 Å². The van der Waals surface area contributed by atoms with Gasteiger partial charge in [-0.05, 0) is 36.9 Å². The molecule has 2 heterocycles. The highest BCUT2D eigenvalue weighted by Gasteiger charge is 2.18. The quantitative estimate of drug-likeness (QED) is 0.552. The van der Waals surface area contributed by atoms with Crippen molar-refractivity contribution in [1.29, 1.82) is 0 Å². The highest BCUT2D eigenvalue weighted by atomic mass is 32.2. The van der Waals surface area contributed by atoms with E-state index in [1.54, 1.807) is 11.3 Å². The Morgan fingerprint density at radius 2 is 2.20 bits per heavy atom. The molecule has 2 aromatic rings. The first-order valence-electron chi connectivity index (χ1n) is 5.98. The number of anilines is 1. The second-order valence-corrected chi connectivity index (χ2v) is 7.08. The molecule has 20 heavy (non-hydrogen) atoms. The fourth-order valence-electron chi connectivity index (χ4n) is 1.73. The predicted molar refractivity (Wildman–Crippen MR) is 79.9 cm³/mol. The van der Waals surface area contributed by atoms with Crippen LogP contribution in [0.3, 0.4) is 0 Å². The van der Waals surface area contributed by atoms with Crippen molar-refractivity contribution >= 4 is 27.2 Å². The number of rotatable bonds is 6. The molecule has 0 aliphatic carbocycles. The van der Waals surface area contributed by atoms with Gasteiger partial charge in [0, 0.05) is 17.1 Å². The molecular weight excluding hydrogens is 296 g/mol. The zero-order chi connectivity index (χ0) is 14.6.